The fourth-order valence-electron chi connectivity index (χ4n) is 1.16. The second-order valence-corrected chi connectivity index (χ2v) is 4.79. The highest BCUT2D eigenvalue weighted by atomic mass is 79.9. The normalized spacial score (nSPS) is 10.6. The quantitative estimate of drug-likeness (QED) is 0.865. The number of amides is 1. The maximum Gasteiger partial charge on any atom is 0.328 e. The van der Waals surface area contributed by atoms with Crippen LogP contribution in [0.3, 0.4) is 0 Å². The standard InChI is InChI=1S/C10H14BrN3O3/c1-6(2)13(3)8(15)5-14-9(16)7(11)4-12-10(14)17/h4,6H,5H2,1-3H3,(H,12,17). The van der Waals surface area contributed by atoms with E-state index >= 15 is 0 Å². The van der Waals surface area contributed by atoms with Crippen LogP contribution in [0, 0.1) is 0 Å². The van der Waals surface area contributed by atoms with Crippen LogP contribution in [-0.4, -0.2) is 33.4 Å². The van der Waals surface area contributed by atoms with Gasteiger partial charge in [0.2, 0.25) is 5.91 Å². The number of carbonyl (C=O) groups excluding carboxylic acids is 1. The summed E-state index contributed by atoms with van der Waals surface area (Å²) in [6.07, 6.45) is 1.26. The highest BCUT2D eigenvalue weighted by molar-refractivity contribution is 9.10. The molecule has 0 saturated heterocycles. The number of likely N-dealkylation sites (N-methyl/N-ethyl adjacent to an activating group) is 1. The van der Waals surface area contributed by atoms with Crippen LogP contribution in [0.15, 0.2) is 20.3 Å². The van der Waals surface area contributed by atoms with Crippen LogP contribution in [0.5, 0.6) is 0 Å². The molecule has 94 valence electrons. The van der Waals surface area contributed by atoms with Gasteiger partial charge in [-0.3, -0.25) is 9.59 Å². The number of halogens is 1. The molecule has 0 bridgehead atoms. The van der Waals surface area contributed by atoms with Crippen molar-refractivity contribution in [2.24, 2.45) is 0 Å². The van der Waals surface area contributed by atoms with E-state index in [1.807, 2.05) is 13.8 Å². The van der Waals surface area contributed by atoms with Crippen LogP contribution in [0.2, 0.25) is 0 Å². The molecule has 6 nitrogen and oxygen atoms in total. The zero-order chi connectivity index (χ0) is 13.2. The second kappa shape index (κ2) is 5.31. The summed E-state index contributed by atoms with van der Waals surface area (Å²) in [5.74, 6) is -0.286. The third-order valence-corrected chi connectivity index (χ3v) is 3.05. The minimum atomic E-state index is -0.594. The van der Waals surface area contributed by atoms with Crippen molar-refractivity contribution in [3.05, 3.63) is 31.5 Å². The highest BCUT2D eigenvalue weighted by Crippen LogP contribution is 1.98. The van der Waals surface area contributed by atoms with Crippen LogP contribution < -0.4 is 11.2 Å². The van der Waals surface area contributed by atoms with E-state index in [1.165, 1.54) is 11.1 Å². The molecular formula is C10H14BrN3O3. The van der Waals surface area contributed by atoms with E-state index < -0.39 is 11.2 Å². The number of aromatic amines is 1. The number of aromatic nitrogens is 2. The van der Waals surface area contributed by atoms with Gasteiger partial charge in [0.25, 0.3) is 5.56 Å². The molecule has 0 saturated carbocycles. The predicted octanol–water partition coefficient (Wildman–Crippen LogP) is 0.166. The van der Waals surface area contributed by atoms with Gasteiger partial charge in [-0.2, -0.15) is 0 Å². The Morgan fingerprint density at radius 2 is 2.12 bits per heavy atom. The molecule has 0 unspecified atom stereocenters. The molecule has 0 aliphatic heterocycles. The molecule has 7 heteroatoms. The molecule has 1 aromatic heterocycles. The van der Waals surface area contributed by atoms with E-state index in [9.17, 15) is 14.4 Å². The van der Waals surface area contributed by atoms with E-state index in [0.29, 0.717) is 0 Å². The zero-order valence-corrected chi connectivity index (χ0v) is 11.4. The number of nitrogens with zero attached hydrogens (tertiary/aromatic N) is 2. The van der Waals surface area contributed by atoms with Gasteiger partial charge in [-0.15, -0.1) is 0 Å². The predicted molar refractivity (Wildman–Crippen MR) is 66.9 cm³/mol. The number of carbonyl (C=O) groups is 1. The molecule has 1 heterocycles. The van der Waals surface area contributed by atoms with Crippen molar-refractivity contribution >= 4 is 21.8 Å². The van der Waals surface area contributed by atoms with Crippen LogP contribution in [-0.2, 0) is 11.3 Å². The average molecular weight is 304 g/mol. The van der Waals surface area contributed by atoms with Crippen molar-refractivity contribution in [3.63, 3.8) is 0 Å². The van der Waals surface area contributed by atoms with E-state index in [1.54, 1.807) is 7.05 Å². The maximum absolute atomic E-state index is 11.8. The molecule has 0 spiro atoms. The molecule has 0 aliphatic rings. The molecule has 0 fully saturated rings. The minimum absolute atomic E-state index is 0.0180. The van der Waals surface area contributed by atoms with E-state index in [2.05, 4.69) is 20.9 Å². The van der Waals surface area contributed by atoms with Gasteiger partial charge >= 0.3 is 5.69 Å². The lowest BCUT2D eigenvalue weighted by Gasteiger charge is -2.21. The summed E-state index contributed by atoms with van der Waals surface area (Å²) < 4.78 is 1.09. The SMILES string of the molecule is CC(C)N(C)C(=O)Cn1c(=O)[nH]cc(Br)c1=O. The van der Waals surface area contributed by atoms with Crippen molar-refractivity contribution in [1.82, 2.24) is 14.5 Å². The van der Waals surface area contributed by atoms with Gasteiger partial charge in [0, 0.05) is 19.3 Å². The van der Waals surface area contributed by atoms with Gasteiger partial charge in [0.15, 0.2) is 0 Å². The monoisotopic (exact) mass is 303 g/mol. The highest BCUT2D eigenvalue weighted by Gasteiger charge is 2.15. The topological polar surface area (TPSA) is 75.2 Å². The number of hydrogen-bond donors (Lipinski definition) is 1. The summed E-state index contributed by atoms with van der Waals surface area (Å²) in [5.41, 5.74) is -1.11. The van der Waals surface area contributed by atoms with Gasteiger partial charge in [-0.1, -0.05) is 0 Å². The summed E-state index contributed by atoms with van der Waals surface area (Å²) in [5, 5.41) is 0. The van der Waals surface area contributed by atoms with Gasteiger partial charge in [0.05, 0.1) is 4.47 Å². The third-order valence-electron chi connectivity index (χ3n) is 2.48. The first kappa shape index (κ1) is 13.7. The lowest BCUT2D eigenvalue weighted by Crippen LogP contribution is -2.43. The number of nitrogens with one attached hydrogen (secondary N) is 1. The van der Waals surface area contributed by atoms with Crippen LogP contribution in [0.1, 0.15) is 13.8 Å². The van der Waals surface area contributed by atoms with Gasteiger partial charge < -0.3 is 9.88 Å². The summed E-state index contributed by atoms with van der Waals surface area (Å²) in [6.45, 7) is 3.44. The molecule has 0 aromatic carbocycles. The Balaban J connectivity index is 3.05. The average Bonchev–Trinajstić information content (AvgIpc) is 2.28. The number of H-pyrrole nitrogens is 1. The molecule has 17 heavy (non-hydrogen) atoms. The Morgan fingerprint density at radius 3 is 2.65 bits per heavy atom. The number of rotatable bonds is 3. The molecule has 0 atom stereocenters. The Morgan fingerprint density at radius 1 is 1.53 bits per heavy atom. The lowest BCUT2D eigenvalue weighted by molar-refractivity contribution is -0.132. The van der Waals surface area contributed by atoms with Crippen molar-refractivity contribution in [1.29, 1.82) is 0 Å². The molecule has 0 aliphatic carbocycles. The summed E-state index contributed by atoms with van der Waals surface area (Å²) in [6, 6.07) is 0.0180. The van der Waals surface area contributed by atoms with E-state index in [-0.39, 0.29) is 23.0 Å². The van der Waals surface area contributed by atoms with Crippen molar-refractivity contribution < 1.29 is 4.79 Å². The first-order valence-corrected chi connectivity index (χ1v) is 5.87. The molecule has 1 amide bonds. The first-order valence-electron chi connectivity index (χ1n) is 5.08. The maximum atomic E-state index is 11.8. The summed E-state index contributed by atoms with van der Waals surface area (Å²) >= 11 is 3.01. The van der Waals surface area contributed by atoms with Crippen LogP contribution in [0.4, 0.5) is 0 Å². The molecular weight excluding hydrogens is 290 g/mol. The van der Waals surface area contributed by atoms with Crippen molar-refractivity contribution in [3.8, 4) is 0 Å². The van der Waals surface area contributed by atoms with E-state index in [4.69, 9.17) is 0 Å². The van der Waals surface area contributed by atoms with Crippen LogP contribution in [0.25, 0.3) is 0 Å². The second-order valence-electron chi connectivity index (χ2n) is 3.93. The van der Waals surface area contributed by atoms with Crippen LogP contribution >= 0.6 is 15.9 Å². The van der Waals surface area contributed by atoms with Gasteiger partial charge in [-0.25, -0.2) is 9.36 Å². The Kier molecular flexibility index (Phi) is 4.28. The van der Waals surface area contributed by atoms with Crippen molar-refractivity contribution in [2.45, 2.75) is 26.4 Å². The lowest BCUT2D eigenvalue weighted by atomic mass is 10.3. The van der Waals surface area contributed by atoms with Gasteiger partial charge in [0.1, 0.15) is 6.54 Å². The fourth-order valence-corrected chi connectivity index (χ4v) is 1.49. The molecule has 1 N–H and O–H groups in total. The zero-order valence-electron chi connectivity index (χ0n) is 9.86. The van der Waals surface area contributed by atoms with Crippen molar-refractivity contribution in [2.75, 3.05) is 7.05 Å². The van der Waals surface area contributed by atoms with Gasteiger partial charge in [-0.05, 0) is 29.8 Å². The minimum Gasteiger partial charge on any atom is -0.342 e. The fraction of sp³-hybridized carbons (Fsp3) is 0.500. The molecule has 1 aromatic rings. The Labute approximate surface area is 106 Å². The first-order chi connectivity index (χ1) is 7.84. The summed E-state index contributed by atoms with van der Waals surface area (Å²) in [7, 11) is 1.63. The molecule has 0 radical (unpaired) electrons. The third kappa shape index (κ3) is 3.06. The smallest absolute Gasteiger partial charge is 0.328 e. The number of hydrogen-bond acceptors (Lipinski definition) is 3. The Hall–Kier alpha value is -1.37. The largest absolute Gasteiger partial charge is 0.342 e. The molecule has 1 rings (SSSR count). The van der Waals surface area contributed by atoms with E-state index in [0.717, 1.165) is 4.57 Å². The Bertz CT molecular complexity index is 532. The summed E-state index contributed by atoms with van der Waals surface area (Å²) in [4.78, 5) is 38.7.